The molecule has 2 unspecified atom stereocenters. The maximum Gasteiger partial charge on any atom is 0.137 e. The summed E-state index contributed by atoms with van der Waals surface area (Å²) in [5.74, 6) is 0.459. The molecule has 34 heavy (non-hydrogen) atoms. The van der Waals surface area contributed by atoms with Gasteiger partial charge < -0.3 is 4.74 Å². The van der Waals surface area contributed by atoms with E-state index in [1.165, 1.54) is 12.1 Å². The molecule has 0 saturated carbocycles. The number of benzene rings is 3. The van der Waals surface area contributed by atoms with Gasteiger partial charge in [0.15, 0.2) is 0 Å². The number of carbonyl (C=O) groups is 1. The van der Waals surface area contributed by atoms with E-state index < -0.39 is 0 Å². The zero-order valence-electron chi connectivity index (χ0n) is 19.9. The van der Waals surface area contributed by atoms with Gasteiger partial charge in [0, 0.05) is 32.0 Å². The largest absolute Gasteiger partial charge is 0.369 e. The van der Waals surface area contributed by atoms with Crippen LogP contribution >= 0.6 is 0 Å². The van der Waals surface area contributed by atoms with Gasteiger partial charge in [-0.05, 0) is 54.1 Å². The minimum atomic E-state index is -0.217. The fourth-order valence-corrected chi connectivity index (χ4v) is 5.01. The second-order valence-electron chi connectivity index (χ2n) is 9.20. The molecule has 1 aliphatic rings. The van der Waals surface area contributed by atoms with Crippen LogP contribution in [0.25, 0.3) is 0 Å². The highest BCUT2D eigenvalue weighted by Crippen LogP contribution is 2.31. The van der Waals surface area contributed by atoms with Gasteiger partial charge >= 0.3 is 0 Å². The van der Waals surface area contributed by atoms with Gasteiger partial charge in [0.1, 0.15) is 17.7 Å². The first-order valence-electron chi connectivity index (χ1n) is 12.3. The summed E-state index contributed by atoms with van der Waals surface area (Å²) in [6, 6.07) is 27.3. The van der Waals surface area contributed by atoms with Crippen molar-refractivity contribution in [2.75, 3.05) is 19.7 Å². The number of carbonyl (C=O) groups excluding carboxylic acids is 1. The lowest BCUT2D eigenvalue weighted by molar-refractivity contribution is -0.127. The molecule has 1 saturated heterocycles. The first-order chi connectivity index (χ1) is 16.6. The normalized spacial score (nSPS) is 18.8. The zero-order chi connectivity index (χ0) is 23.8. The molecule has 3 nitrogen and oxygen atoms in total. The van der Waals surface area contributed by atoms with Crippen LogP contribution in [0.4, 0.5) is 4.39 Å². The van der Waals surface area contributed by atoms with E-state index in [4.69, 9.17) is 4.74 Å². The Kier molecular flexibility index (Phi) is 8.62. The predicted molar refractivity (Wildman–Crippen MR) is 134 cm³/mol. The third-order valence-corrected chi connectivity index (χ3v) is 6.90. The number of nitrogens with zero attached hydrogens (tertiary/aromatic N) is 1. The lowest BCUT2D eigenvalue weighted by Crippen LogP contribution is -2.43. The van der Waals surface area contributed by atoms with Crippen LogP contribution in [0.2, 0.25) is 0 Å². The average Bonchev–Trinajstić information content (AvgIpc) is 2.89. The number of hydrogen-bond donors (Lipinski definition) is 0. The summed E-state index contributed by atoms with van der Waals surface area (Å²) in [5, 5.41) is 0. The van der Waals surface area contributed by atoms with Crippen LogP contribution in [-0.2, 0) is 16.1 Å². The third-order valence-electron chi connectivity index (χ3n) is 6.90. The molecule has 3 aromatic rings. The van der Waals surface area contributed by atoms with Gasteiger partial charge in [-0.25, -0.2) is 4.39 Å². The second-order valence-corrected chi connectivity index (χ2v) is 9.20. The highest BCUT2D eigenvalue weighted by Gasteiger charge is 2.33. The summed E-state index contributed by atoms with van der Waals surface area (Å²) in [6.45, 7) is 5.02. The van der Waals surface area contributed by atoms with Crippen molar-refractivity contribution in [1.29, 1.82) is 0 Å². The first-order valence-corrected chi connectivity index (χ1v) is 12.3. The van der Waals surface area contributed by atoms with Crippen LogP contribution < -0.4 is 0 Å². The van der Waals surface area contributed by atoms with Crippen molar-refractivity contribution < 1.29 is 13.9 Å². The van der Waals surface area contributed by atoms with Crippen LogP contribution in [0.5, 0.6) is 0 Å². The Bertz CT molecular complexity index is 983. The molecule has 0 amide bonds. The quantitative estimate of drug-likeness (QED) is 0.349. The number of ketones is 1. The van der Waals surface area contributed by atoms with Crippen LogP contribution in [0.3, 0.4) is 0 Å². The molecule has 0 radical (unpaired) electrons. The number of ether oxygens (including phenoxy) is 1. The molecule has 1 aliphatic heterocycles. The Morgan fingerprint density at radius 3 is 2.18 bits per heavy atom. The van der Waals surface area contributed by atoms with E-state index in [0.29, 0.717) is 24.7 Å². The fourth-order valence-electron chi connectivity index (χ4n) is 5.01. The molecule has 3 aromatic carbocycles. The summed E-state index contributed by atoms with van der Waals surface area (Å²) in [7, 11) is 0. The number of piperidine rings is 1. The van der Waals surface area contributed by atoms with Crippen molar-refractivity contribution >= 4 is 5.78 Å². The van der Waals surface area contributed by atoms with E-state index in [-0.39, 0.29) is 17.8 Å². The Labute approximate surface area is 202 Å². The van der Waals surface area contributed by atoms with E-state index in [0.717, 1.165) is 49.2 Å². The predicted octanol–water partition coefficient (Wildman–Crippen LogP) is 6.44. The molecule has 0 N–H and O–H groups in total. The van der Waals surface area contributed by atoms with Gasteiger partial charge in [0.05, 0.1) is 0 Å². The van der Waals surface area contributed by atoms with Gasteiger partial charge in [0.25, 0.3) is 0 Å². The summed E-state index contributed by atoms with van der Waals surface area (Å²) in [4.78, 5) is 15.2. The lowest BCUT2D eigenvalue weighted by atomic mass is 9.80. The number of Topliss-reactive ketones (excluding diaryl/α,β-unsaturated/α-hetero) is 1. The van der Waals surface area contributed by atoms with Gasteiger partial charge in [-0.1, -0.05) is 79.7 Å². The van der Waals surface area contributed by atoms with Crippen molar-refractivity contribution in [1.82, 2.24) is 4.90 Å². The van der Waals surface area contributed by atoms with Crippen molar-refractivity contribution in [2.45, 2.75) is 38.8 Å². The number of likely N-dealkylation sites (tertiary alicyclic amines) is 1. The maximum atomic E-state index is 13.3. The molecule has 2 atom stereocenters. The highest BCUT2D eigenvalue weighted by atomic mass is 19.1. The van der Waals surface area contributed by atoms with Gasteiger partial charge in [-0.3, -0.25) is 9.69 Å². The number of hydrogen-bond acceptors (Lipinski definition) is 3. The topological polar surface area (TPSA) is 29.5 Å². The molecular weight excluding hydrogens is 425 g/mol. The maximum absolute atomic E-state index is 13.3. The number of halogens is 1. The molecule has 4 rings (SSSR count). The fraction of sp³-hybridized carbons (Fsp3) is 0.367. The number of rotatable bonds is 10. The molecule has 1 fully saturated rings. The van der Waals surface area contributed by atoms with E-state index in [1.54, 1.807) is 0 Å². The summed E-state index contributed by atoms with van der Waals surface area (Å²) in [6.07, 6.45) is 2.30. The smallest absolute Gasteiger partial charge is 0.137 e. The third kappa shape index (κ3) is 6.40. The van der Waals surface area contributed by atoms with Crippen LogP contribution in [0.1, 0.15) is 49.0 Å². The van der Waals surface area contributed by atoms with Gasteiger partial charge in [-0.15, -0.1) is 0 Å². The molecule has 0 spiro atoms. The van der Waals surface area contributed by atoms with Gasteiger partial charge in [0.2, 0.25) is 0 Å². The van der Waals surface area contributed by atoms with Crippen LogP contribution in [0.15, 0.2) is 84.9 Å². The van der Waals surface area contributed by atoms with Crippen molar-refractivity contribution in [2.24, 2.45) is 11.8 Å². The lowest BCUT2D eigenvalue weighted by Gasteiger charge is -2.38. The summed E-state index contributed by atoms with van der Waals surface area (Å²) in [5.41, 5.74) is 3.37. The first kappa shape index (κ1) is 24.3. The summed E-state index contributed by atoms with van der Waals surface area (Å²) < 4.78 is 19.7. The van der Waals surface area contributed by atoms with Crippen LogP contribution in [-0.4, -0.2) is 30.4 Å². The Morgan fingerprint density at radius 1 is 0.971 bits per heavy atom. The van der Waals surface area contributed by atoms with E-state index in [1.807, 2.05) is 55.5 Å². The molecular formula is C30H34FNO2. The van der Waals surface area contributed by atoms with E-state index in [2.05, 4.69) is 29.2 Å². The monoisotopic (exact) mass is 459 g/mol. The van der Waals surface area contributed by atoms with Crippen molar-refractivity contribution in [3.63, 3.8) is 0 Å². The Morgan fingerprint density at radius 2 is 1.59 bits per heavy atom. The highest BCUT2D eigenvalue weighted by molar-refractivity contribution is 5.81. The molecule has 0 aromatic heterocycles. The van der Waals surface area contributed by atoms with E-state index in [9.17, 15) is 9.18 Å². The van der Waals surface area contributed by atoms with E-state index >= 15 is 0 Å². The second kappa shape index (κ2) is 12.0. The zero-order valence-corrected chi connectivity index (χ0v) is 19.9. The van der Waals surface area contributed by atoms with Gasteiger partial charge in [-0.2, -0.15) is 0 Å². The SMILES string of the molecule is CCC(=O)C1CN(Cc2ccc(F)cc2)CCC1CCOC(c1ccccc1)c1ccccc1. The molecule has 178 valence electrons. The van der Waals surface area contributed by atoms with Crippen molar-refractivity contribution in [3.8, 4) is 0 Å². The van der Waals surface area contributed by atoms with Crippen molar-refractivity contribution in [3.05, 3.63) is 107 Å². The Balaban J connectivity index is 1.38. The molecule has 4 heteroatoms. The van der Waals surface area contributed by atoms with Crippen LogP contribution in [0, 0.1) is 17.7 Å². The molecule has 0 aliphatic carbocycles. The molecule has 1 heterocycles. The summed E-state index contributed by atoms with van der Waals surface area (Å²) >= 11 is 0. The standard InChI is InChI=1S/C30H34FNO2/c1-2-29(33)28-22-32(21-23-13-15-27(31)16-14-23)19-17-24(28)18-20-34-30(25-9-5-3-6-10-25)26-11-7-4-8-12-26/h3-16,24,28,30H,2,17-22H2,1H3. The molecule has 0 bridgehead atoms. The average molecular weight is 460 g/mol. The minimum absolute atomic E-state index is 0.0229. The minimum Gasteiger partial charge on any atom is -0.369 e. The Hall–Kier alpha value is -2.82.